The zero-order valence-electron chi connectivity index (χ0n) is 8.34. The molecule has 0 fully saturated rings. The summed E-state index contributed by atoms with van der Waals surface area (Å²) in [7, 11) is 1.97. The SMILES string of the molecule is CCCSc1ccc(CNC)cc1. The summed E-state index contributed by atoms with van der Waals surface area (Å²) in [6, 6.07) is 8.78. The molecule has 1 N–H and O–H groups in total. The van der Waals surface area contributed by atoms with Crippen molar-refractivity contribution in [1.29, 1.82) is 0 Å². The van der Waals surface area contributed by atoms with Gasteiger partial charge in [-0.1, -0.05) is 19.1 Å². The molecule has 0 aromatic heterocycles. The van der Waals surface area contributed by atoms with Gasteiger partial charge in [-0.25, -0.2) is 0 Å². The van der Waals surface area contributed by atoms with E-state index in [1.807, 2.05) is 18.8 Å². The van der Waals surface area contributed by atoms with Gasteiger partial charge in [-0.2, -0.15) is 0 Å². The average Bonchev–Trinajstić information content (AvgIpc) is 2.17. The van der Waals surface area contributed by atoms with Crippen LogP contribution in [-0.2, 0) is 6.54 Å². The van der Waals surface area contributed by atoms with Gasteiger partial charge in [0.05, 0.1) is 0 Å². The van der Waals surface area contributed by atoms with Crippen LogP contribution >= 0.6 is 11.8 Å². The summed E-state index contributed by atoms with van der Waals surface area (Å²) >= 11 is 1.93. The Bertz CT molecular complexity index is 230. The van der Waals surface area contributed by atoms with E-state index in [1.54, 1.807) is 0 Å². The van der Waals surface area contributed by atoms with E-state index in [0.717, 1.165) is 6.54 Å². The largest absolute Gasteiger partial charge is 0.316 e. The van der Waals surface area contributed by atoms with Crippen LogP contribution in [0.2, 0.25) is 0 Å². The molecule has 0 heterocycles. The van der Waals surface area contributed by atoms with E-state index in [9.17, 15) is 0 Å². The highest BCUT2D eigenvalue weighted by Crippen LogP contribution is 2.18. The Morgan fingerprint density at radius 2 is 1.92 bits per heavy atom. The summed E-state index contributed by atoms with van der Waals surface area (Å²) in [6.45, 7) is 3.17. The summed E-state index contributed by atoms with van der Waals surface area (Å²) < 4.78 is 0. The first-order chi connectivity index (χ1) is 6.36. The lowest BCUT2D eigenvalue weighted by Gasteiger charge is -2.02. The maximum Gasteiger partial charge on any atom is 0.0202 e. The number of hydrogen-bond donors (Lipinski definition) is 1. The lowest BCUT2D eigenvalue weighted by atomic mass is 10.2. The van der Waals surface area contributed by atoms with Crippen LogP contribution in [0.3, 0.4) is 0 Å². The fourth-order valence-corrected chi connectivity index (χ4v) is 1.90. The topological polar surface area (TPSA) is 12.0 Å². The minimum Gasteiger partial charge on any atom is -0.316 e. The molecule has 1 rings (SSSR count). The molecule has 0 aliphatic carbocycles. The van der Waals surface area contributed by atoms with Gasteiger partial charge in [-0.15, -0.1) is 11.8 Å². The third-order valence-corrected chi connectivity index (χ3v) is 2.99. The van der Waals surface area contributed by atoms with Crippen molar-refractivity contribution in [3.05, 3.63) is 29.8 Å². The monoisotopic (exact) mass is 195 g/mol. The number of nitrogens with one attached hydrogen (secondary N) is 1. The Kier molecular flexibility index (Phi) is 4.94. The van der Waals surface area contributed by atoms with Gasteiger partial charge in [0.25, 0.3) is 0 Å². The molecule has 0 atom stereocenters. The molecule has 1 nitrogen and oxygen atoms in total. The fraction of sp³-hybridized carbons (Fsp3) is 0.455. The number of benzene rings is 1. The van der Waals surface area contributed by atoms with Gasteiger partial charge in [-0.3, -0.25) is 0 Å². The second-order valence-electron chi connectivity index (χ2n) is 3.02. The van der Waals surface area contributed by atoms with Gasteiger partial charge in [0, 0.05) is 11.4 Å². The molecule has 2 heteroatoms. The second kappa shape index (κ2) is 6.06. The molecular weight excluding hydrogens is 178 g/mol. The van der Waals surface area contributed by atoms with Gasteiger partial charge in [0.1, 0.15) is 0 Å². The Morgan fingerprint density at radius 3 is 2.46 bits per heavy atom. The Labute approximate surface area is 84.9 Å². The molecule has 13 heavy (non-hydrogen) atoms. The molecule has 1 aromatic carbocycles. The molecule has 0 saturated heterocycles. The fourth-order valence-electron chi connectivity index (χ4n) is 1.13. The number of rotatable bonds is 5. The first-order valence-corrected chi connectivity index (χ1v) is 5.71. The molecule has 0 spiro atoms. The van der Waals surface area contributed by atoms with Crippen molar-refractivity contribution in [1.82, 2.24) is 5.32 Å². The van der Waals surface area contributed by atoms with E-state index >= 15 is 0 Å². The lowest BCUT2D eigenvalue weighted by Crippen LogP contribution is -2.04. The van der Waals surface area contributed by atoms with Crippen LogP contribution in [0.4, 0.5) is 0 Å². The van der Waals surface area contributed by atoms with Crippen LogP contribution in [0.5, 0.6) is 0 Å². The van der Waals surface area contributed by atoms with E-state index in [0.29, 0.717) is 0 Å². The molecule has 0 radical (unpaired) electrons. The third-order valence-electron chi connectivity index (χ3n) is 1.78. The molecule has 0 aliphatic heterocycles. The first-order valence-electron chi connectivity index (χ1n) is 4.73. The normalized spacial score (nSPS) is 10.3. The minimum atomic E-state index is 0.957. The second-order valence-corrected chi connectivity index (χ2v) is 4.19. The highest BCUT2D eigenvalue weighted by molar-refractivity contribution is 7.99. The van der Waals surface area contributed by atoms with Crippen molar-refractivity contribution in [2.75, 3.05) is 12.8 Å². The third kappa shape index (κ3) is 3.83. The Hall–Kier alpha value is -0.470. The summed E-state index contributed by atoms with van der Waals surface area (Å²) in [6.07, 6.45) is 1.24. The molecule has 0 aliphatic rings. The Morgan fingerprint density at radius 1 is 1.23 bits per heavy atom. The van der Waals surface area contributed by atoms with Crippen LogP contribution in [-0.4, -0.2) is 12.8 Å². The van der Waals surface area contributed by atoms with Crippen molar-refractivity contribution < 1.29 is 0 Å². The van der Waals surface area contributed by atoms with Crippen molar-refractivity contribution >= 4 is 11.8 Å². The molecule has 0 amide bonds. The molecular formula is C11H17NS. The van der Waals surface area contributed by atoms with E-state index in [2.05, 4.69) is 36.5 Å². The van der Waals surface area contributed by atoms with Crippen molar-refractivity contribution in [2.24, 2.45) is 0 Å². The van der Waals surface area contributed by atoms with Gasteiger partial charge in [-0.05, 0) is 36.9 Å². The van der Waals surface area contributed by atoms with Gasteiger partial charge in [0.2, 0.25) is 0 Å². The van der Waals surface area contributed by atoms with Crippen LogP contribution in [0.1, 0.15) is 18.9 Å². The van der Waals surface area contributed by atoms with Crippen molar-refractivity contribution in [2.45, 2.75) is 24.8 Å². The molecule has 72 valence electrons. The van der Waals surface area contributed by atoms with Gasteiger partial charge < -0.3 is 5.32 Å². The predicted octanol–water partition coefficient (Wildman–Crippen LogP) is 2.91. The minimum absolute atomic E-state index is 0.957. The number of thioether (sulfide) groups is 1. The highest BCUT2D eigenvalue weighted by atomic mass is 32.2. The van der Waals surface area contributed by atoms with Gasteiger partial charge in [0.15, 0.2) is 0 Å². The summed E-state index contributed by atoms with van der Waals surface area (Å²) in [5, 5.41) is 3.14. The van der Waals surface area contributed by atoms with Gasteiger partial charge >= 0.3 is 0 Å². The van der Waals surface area contributed by atoms with E-state index in [-0.39, 0.29) is 0 Å². The lowest BCUT2D eigenvalue weighted by molar-refractivity contribution is 0.817. The molecule has 1 aromatic rings. The van der Waals surface area contributed by atoms with Crippen molar-refractivity contribution in [3.63, 3.8) is 0 Å². The van der Waals surface area contributed by atoms with E-state index in [1.165, 1.54) is 22.6 Å². The van der Waals surface area contributed by atoms with E-state index in [4.69, 9.17) is 0 Å². The molecule has 0 unspecified atom stereocenters. The molecule has 0 saturated carbocycles. The summed E-state index contributed by atoms with van der Waals surface area (Å²) in [5.41, 5.74) is 1.35. The quantitative estimate of drug-likeness (QED) is 0.725. The zero-order valence-corrected chi connectivity index (χ0v) is 9.16. The Balaban J connectivity index is 2.48. The number of hydrogen-bond acceptors (Lipinski definition) is 2. The average molecular weight is 195 g/mol. The van der Waals surface area contributed by atoms with Crippen LogP contribution < -0.4 is 5.32 Å². The maximum absolute atomic E-state index is 3.14. The summed E-state index contributed by atoms with van der Waals surface area (Å²) in [5.74, 6) is 1.21. The molecule has 0 bridgehead atoms. The van der Waals surface area contributed by atoms with Crippen LogP contribution in [0, 0.1) is 0 Å². The van der Waals surface area contributed by atoms with Crippen molar-refractivity contribution in [3.8, 4) is 0 Å². The van der Waals surface area contributed by atoms with Crippen LogP contribution in [0.25, 0.3) is 0 Å². The predicted molar refractivity (Wildman–Crippen MR) is 60.2 cm³/mol. The first kappa shape index (κ1) is 10.6. The van der Waals surface area contributed by atoms with Crippen LogP contribution in [0.15, 0.2) is 29.2 Å². The maximum atomic E-state index is 3.14. The standard InChI is InChI=1S/C11H17NS/c1-3-8-13-11-6-4-10(5-7-11)9-12-2/h4-7,12H,3,8-9H2,1-2H3. The zero-order chi connectivity index (χ0) is 9.52. The smallest absolute Gasteiger partial charge is 0.0202 e. The summed E-state index contributed by atoms with van der Waals surface area (Å²) in [4.78, 5) is 1.38. The highest BCUT2D eigenvalue weighted by Gasteiger charge is 1.93. The van der Waals surface area contributed by atoms with E-state index < -0.39 is 0 Å².